The van der Waals surface area contributed by atoms with Gasteiger partial charge in [-0.05, 0) is 48.2 Å². The number of aryl methyl sites for hydroxylation is 2. The Labute approximate surface area is 156 Å². The molecule has 3 rings (SSSR count). The average Bonchev–Trinajstić information content (AvgIpc) is 3.09. The molecule has 0 spiro atoms. The minimum atomic E-state index is 0.675. The first-order chi connectivity index (χ1) is 11.7. The van der Waals surface area contributed by atoms with Gasteiger partial charge in [0.15, 0.2) is 0 Å². The molecule has 0 aliphatic rings. The van der Waals surface area contributed by atoms with E-state index < -0.39 is 0 Å². The van der Waals surface area contributed by atoms with Gasteiger partial charge in [-0.15, -0.1) is 11.8 Å². The molecule has 1 aromatic heterocycles. The second kappa shape index (κ2) is 8.61. The van der Waals surface area contributed by atoms with Crippen molar-refractivity contribution in [1.29, 1.82) is 0 Å². The molecular weight excluding hydrogens is 359 g/mol. The average molecular weight is 377 g/mol. The number of hydrogen-bond donors (Lipinski definition) is 0. The number of aromatic nitrogens is 2. The quantitative estimate of drug-likeness (QED) is 0.462. The number of imidazole rings is 1. The maximum Gasteiger partial charge on any atom is 0.0945 e. The van der Waals surface area contributed by atoms with Crippen molar-refractivity contribution in [3.05, 3.63) is 82.4 Å². The van der Waals surface area contributed by atoms with Crippen LogP contribution in [0, 0.1) is 0 Å². The molecule has 0 radical (unpaired) electrons. The van der Waals surface area contributed by atoms with Gasteiger partial charge in [0.1, 0.15) is 0 Å². The van der Waals surface area contributed by atoms with E-state index >= 15 is 0 Å². The zero-order valence-electron chi connectivity index (χ0n) is 13.2. The van der Waals surface area contributed by atoms with Crippen LogP contribution in [-0.2, 0) is 18.7 Å². The third-order valence-electron chi connectivity index (χ3n) is 3.77. The monoisotopic (exact) mass is 376 g/mol. The van der Waals surface area contributed by atoms with Gasteiger partial charge < -0.3 is 4.57 Å². The number of halogens is 2. The number of nitrogens with zero attached hydrogens (tertiary/aromatic N) is 2. The van der Waals surface area contributed by atoms with E-state index in [2.05, 4.69) is 33.8 Å². The molecule has 2 aromatic carbocycles. The van der Waals surface area contributed by atoms with Gasteiger partial charge in [0, 0.05) is 39.6 Å². The fourth-order valence-electron chi connectivity index (χ4n) is 2.44. The molecule has 0 fully saturated rings. The number of benzene rings is 2. The van der Waals surface area contributed by atoms with Crippen molar-refractivity contribution in [2.24, 2.45) is 0 Å². The number of thioether (sulfide) groups is 1. The molecule has 0 aliphatic carbocycles. The molecule has 0 saturated carbocycles. The highest BCUT2D eigenvalue weighted by atomic mass is 35.5. The van der Waals surface area contributed by atoms with Gasteiger partial charge in [-0.2, -0.15) is 0 Å². The van der Waals surface area contributed by atoms with Gasteiger partial charge in [0.05, 0.1) is 6.33 Å². The summed E-state index contributed by atoms with van der Waals surface area (Å²) in [6, 6.07) is 14.4. The van der Waals surface area contributed by atoms with E-state index in [-0.39, 0.29) is 0 Å². The zero-order valence-corrected chi connectivity index (χ0v) is 15.5. The minimum absolute atomic E-state index is 0.675. The molecule has 0 atom stereocenters. The highest BCUT2D eigenvalue weighted by Gasteiger charge is 2.03. The molecule has 0 unspecified atom stereocenters. The summed E-state index contributed by atoms with van der Waals surface area (Å²) in [4.78, 5) is 5.31. The lowest BCUT2D eigenvalue weighted by Gasteiger charge is -2.07. The van der Waals surface area contributed by atoms with E-state index in [9.17, 15) is 0 Å². The van der Waals surface area contributed by atoms with Gasteiger partial charge in [-0.25, -0.2) is 4.98 Å². The van der Waals surface area contributed by atoms with Gasteiger partial charge in [-0.1, -0.05) is 41.4 Å². The van der Waals surface area contributed by atoms with Crippen molar-refractivity contribution in [3.63, 3.8) is 0 Å². The molecule has 0 bridgehead atoms. The van der Waals surface area contributed by atoms with Crippen LogP contribution in [-0.4, -0.2) is 9.55 Å². The third-order valence-corrected chi connectivity index (χ3v) is 5.42. The van der Waals surface area contributed by atoms with E-state index in [0.717, 1.165) is 35.7 Å². The van der Waals surface area contributed by atoms with Crippen LogP contribution in [0.2, 0.25) is 10.0 Å². The summed E-state index contributed by atoms with van der Waals surface area (Å²) >= 11 is 13.9. The van der Waals surface area contributed by atoms with Crippen molar-refractivity contribution in [2.75, 3.05) is 0 Å². The van der Waals surface area contributed by atoms with E-state index in [1.54, 1.807) is 17.8 Å². The normalized spacial score (nSPS) is 10.9. The number of hydrogen-bond acceptors (Lipinski definition) is 2. The van der Waals surface area contributed by atoms with E-state index in [0.29, 0.717) is 5.02 Å². The van der Waals surface area contributed by atoms with Crippen LogP contribution < -0.4 is 0 Å². The Balaban J connectivity index is 1.49. The van der Waals surface area contributed by atoms with E-state index in [1.807, 2.05) is 30.9 Å². The summed E-state index contributed by atoms with van der Waals surface area (Å²) in [6.07, 6.45) is 7.87. The van der Waals surface area contributed by atoms with Crippen molar-refractivity contribution < 1.29 is 0 Å². The third kappa shape index (κ3) is 5.04. The van der Waals surface area contributed by atoms with Crippen molar-refractivity contribution >= 4 is 35.0 Å². The molecule has 2 nitrogen and oxygen atoms in total. The second-order valence-electron chi connectivity index (χ2n) is 5.57. The Bertz CT molecular complexity index is 771. The van der Waals surface area contributed by atoms with Crippen LogP contribution >= 0.6 is 35.0 Å². The Hall–Kier alpha value is -1.42. The van der Waals surface area contributed by atoms with Crippen LogP contribution in [0.1, 0.15) is 17.5 Å². The van der Waals surface area contributed by atoms with Gasteiger partial charge in [-0.3, -0.25) is 0 Å². The summed E-state index contributed by atoms with van der Waals surface area (Å²) in [5, 5.41) is 1.40. The molecule has 0 amide bonds. The Morgan fingerprint density at radius 1 is 1.04 bits per heavy atom. The van der Waals surface area contributed by atoms with E-state index in [4.69, 9.17) is 23.2 Å². The predicted molar refractivity (Wildman–Crippen MR) is 103 cm³/mol. The largest absolute Gasteiger partial charge is 0.337 e. The highest BCUT2D eigenvalue weighted by molar-refractivity contribution is 7.98. The summed E-state index contributed by atoms with van der Waals surface area (Å²) in [5.41, 5.74) is 2.47. The highest BCUT2D eigenvalue weighted by Crippen LogP contribution is 2.28. The zero-order chi connectivity index (χ0) is 16.8. The summed E-state index contributed by atoms with van der Waals surface area (Å²) in [6.45, 7) is 1.01. The Morgan fingerprint density at radius 2 is 1.88 bits per heavy atom. The fraction of sp³-hybridized carbons (Fsp3) is 0.211. The smallest absolute Gasteiger partial charge is 0.0945 e. The second-order valence-corrected chi connectivity index (χ2v) is 7.46. The minimum Gasteiger partial charge on any atom is -0.337 e. The molecule has 0 aliphatic heterocycles. The van der Waals surface area contributed by atoms with Crippen LogP contribution in [0.4, 0.5) is 0 Å². The van der Waals surface area contributed by atoms with Gasteiger partial charge in [0.2, 0.25) is 0 Å². The SMILES string of the molecule is Clc1ccc(CSc2ccc(CCCn3ccnc3)cc2)c(Cl)c1. The Kier molecular flexibility index (Phi) is 6.24. The van der Waals surface area contributed by atoms with Crippen molar-refractivity contribution in [3.8, 4) is 0 Å². The molecule has 3 aromatic rings. The summed E-state index contributed by atoms with van der Waals surface area (Å²) < 4.78 is 2.11. The van der Waals surface area contributed by atoms with Gasteiger partial charge in [0.25, 0.3) is 0 Å². The lowest BCUT2D eigenvalue weighted by atomic mass is 10.1. The lowest BCUT2D eigenvalue weighted by molar-refractivity contribution is 0.642. The predicted octanol–water partition coefficient (Wildman–Crippen LogP) is 6.12. The van der Waals surface area contributed by atoms with Crippen molar-refractivity contribution in [2.45, 2.75) is 30.0 Å². The van der Waals surface area contributed by atoms with Crippen LogP contribution in [0.25, 0.3) is 0 Å². The molecule has 1 heterocycles. The first-order valence-corrected chi connectivity index (χ1v) is 9.56. The summed E-state index contributed by atoms with van der Waals surface area (Å²) in [5.74, 6) is 0.843. The lowest BCUT2D eigenvalue weighted by Crippen LogP contribution is -1.96. The van der Waals surface area contributed by atoms with Crippen LogP contribution in [0.5, 0.6) is 0 Å². The first kappa shape index (κ1) is 17.4. The first-order valence-electron chi connectivity index (χ1n) is 7.82. The maximum absolute atomic E-state index is 6.22. The molecule has 24 heavy (non-hydrogen) atoms. The van der Waals surface area contributed by atoms with Crippen LogP contribution in [0.3, 0.4) is 0 Å². The van der Waals surface area contributed by atoms with Crippen molar-refractivity contribution in [1.82, 2.24) is 9.55 Å². The van der Waals surface area contributed by atoms with E-state index in [1.165, 1.54) is 10.5 Å². The fourth-order valence-corrected chi connectivity index (χ4v) is 3.89. The molecule has 0 N–H and O–H groups in total. The molecule has 124 valence electrons. The van der Waals surface area contributed by atoms with Crippen LogP contribution in [0.15, 0.2) is 66.1 Å². The van der Waals surface area contributed by atoms with Gasteiger partial charge >= 0.3 is 0 Å². The maximum atomic E-state index is 6.22. The number of rotatable bonds is 7. The molecular formula is C19H18Cl2N2S. The standard InChI is InChI=1S/C19H18Cl2N2S/c20-17-6-5-16(19(21)12-17)13-24-18-7-3-15(4-8-18)2-1-10-23-11-9-22-14-23/h3-9,11-12,14H,1-2,10,13H2. The molecule has 5 heteroatoms. The Morgan fingerprint density at radius 3 is 2.58 bits per heavy atom. The topological polar surface area (TPSA) is 17.8 Å². The molecule has 0 saturated heterocycles. The summed E-state index contributed by atoms with van der Waals surface area (Å²) in [7, 11) is 0.